The molecule has 0 bridgehead atoms. The molecule has 46 heavy (non-hydrogen) atoms. The van der Waals surface area contributed by atoms with Crippen LogP contribution in [-0.4, -0.2) is 11.9 Å². The Kier molecular flexibility index (Phi) is 9.89. The van der Waals surface area contributed by atoms with Crippen LogP contribution < -0.4 is 15.9 Å². The Labute approximate surface area is 285 Å². The predicted molar refractivity (Wildman–Crippen MR) is 190 cm³/mol. The van der Waals surface area contributed by atoms with E-state index in [1.54, 1.807) is 17.9 Å². The Morgan fingerprint density at radius 2 is 1.26 bits per heavy atom. The average molecular weight is 815 g/mol. The van der Waals surface area contributed by atoms with E-state index in [2.05, 4.69) is 121 Å². The molecule has 1 aromatic heterocycles. The summed E-state index contributed by atoms with van der Waals surface area (Å²) >= 11 is 3.19. The van der Waals surface area contributed by atoms with Crippen LogP contribution in [0.5, 0.6) is 0 Å². The second-order valence-corrected chi connectivity index (χ2v) is 16.1. The van der Waals surface area contributed by atoms with Crippen molar-refractivity contribution in [3.05, 3.63) is 158 Å². The summed E-state index contributed by atoms with van der Waals surface area (Å²) in [7, 11) is -2.46. The van der Waals surface area contributed by atoms with Gasteiger partial charge in [0, 0.05) is 0 Å². The van der Waals surface area contributed by atoms with E-state index < -0.39 is 19.2 Å². The molecule has 2 aliphatic rings. The number of allylic oxidation sites excluding steroid dienone is 8. The van der Waals surface area contributed by atoms with Crippen molar-refractivity contribution in [1.29, 1.82) is 0 Å². The maximum atomic E-state index is 12.9. The molecule has 0 radical (unpaired) electrons. The average Bonchev–Trinajstić information content (AvgIpc) is 3.79. The van der Waals surface area contributed by atoms with Crippen molar-refractivity contribution in [3.8, 4) is 4.37 Å². The van der Waals surface area contributed by atoms with Crippen LogP contribution in [0.1, 0.15) is 63.6 Å². The van der Waals surface area contributed by atoms with Gasteiger partial charge in [-0.1, -0.05) is 0 Å². The Balaban J connectivity index is 1.70. The van der Waals surface area contributed by atoms with E-state index in [-0.39, 0.29) is 0 Å². The quantitative estimate of drug-likeness (QED) is 0.0773. The number of carbonyl (C=O) groups excluding carboxylic acids is 2. The van der Waals surface area contributed by atoms with Crippen molar-refractivity contribution in [2.45, 2.75) is 33.1 Å². The van der Waals surface area contributed by atoms with Crippen molar-refractivity contribution in [1.82, 2.24) is 0 Å². The van der Waals surface area contributed by atoms with Crippen LogP contribution >= 0.6 is 18.6 Å². The van der Waals surface area contributed by atoms with Crippen molar-refractivity contribution in [3.63, 3.8) is 0 Å². The Morgan fingerprint density at radius 1 is 0.761 bits per heavy atom. The van der Waals surface area contributed by atoms with Crippen molar-refractivity contribution in [2.24, 2.45) is 0 Å². The fraction of sp³-hybridized carbons (Fsp3) is 0.125. The number of fused-ring (bicyclic) bond motifs is 1. The van der Waals surface area contributed by atoms with Gasteiger partial charge in [-0.15, -0.1) is 0 Å². The van der Waals surface area contributed by atoms with E-state index >= 15 is 0 Å². The summed E-state index contributed by atoms with van der Waals surface area (Å²) in [6.07, 6.45) is 15.6. The summed E-state index contributed by atoms with van der Waals surface area (Å²) in [6, 6.07) is 32.4. The van der Waals surface area contributed by atoms with Gasteiger partial charge >= 0.3 is 287 Å². The van der Waals surface area contributed by atoms with Crippen LogP contribution in [0.2, 0.25) is 0 Å². The van der Waals surface area contributed by atoms with E-state index in [0.29, 0.717) is 16.0 Å². The molecule has 2 heterocycles. The number of hydrogen-bond donors (Lipinski definition) is 0. The molecular weight excluding hydrogens is 782 g/mol. The van der Waals surface area contributed by atoms with Gasteiger partial charge in [0.25, 0.3) is 0 Å². The zero-order valence-corrected chi connectivity index (χ0v) is 29.9. The van der Waals surface area contributed by atoms with Gasteiger partial charge in [-0.3, -0.25) is 0 Å². The molecule has 6 rings (SSSR count). The first-order valence-electron chi connectivity index (χ1n) is 15.3. The van der Waals surface area contributed by atoms with Gasteiger partial charge in [-0.25, -0.2) is 0 Å². The van der Waals surface area contributed by atoms with Crippen LogP contribution in [0, 0.1) is 4.37 Å². The van der Waals surface area contributed by atoms with E-state index in [9.17, 15) is 9.59 Å². The fourth-order valence-electron chi connectivity index (χ4n) is 6.37. The molecule has 0 saturated heterocycles. The van der Waals surface area contributed by atoms with E-state index in [1.165, 1.54) is 38.4 Å². The summed E-state index contributed by atoms with van der Waals surface area (Å²) < 4.78 is 8.83. The molecule has 6 heteroatoms. The normalized spacial score (nSPS) is 17.2. The van der Waals surface area contributed by atoms with Crippen LogP contribution in [0.25, 0.3) is 12.2 Å². The number of rotatable bonds is 8. The zero-order valence-electron chi connectivity index (χ0n) is 25.7. The van der Waals surface area contributed by atoms with Gasteiger partial charge in [0.15, 0.2) is 0 Å². The Hall–Kier alpha value is -3.95. The standard InChI is InChI=1S/C40H33O3PS.Os/c1-4-16-35-37-38(40(42)43-39(37)41)36(45-35)26-25-30(27-31-18-15-17-29(31)5-2)28(3)44(32-19-9-6-10-20-32,33-21-11-7-12-22-33)34-23-13-8-14-24-34;/h4-14,16,19-27H,15,17-18H2,1-2H3;/q+1;/b16-4+,26-25+,29-5?,30-28?,31-27?;. The van der Waals surface area contributed by atoms with Crippen molar-refractivity contribution in [2.75, 3.05) is 0 Å². The second-order valence-electron chi connectivity index (χ2n) is 11.0. The number of thiophene rings is 1. The molecule has 0 unspecified atom stereocenters. The Morgan fingerprint density at radius 3 is 1.74 bits per heavy atom. The van der Waals surface area contributed by atoms with E-state index in [0.717, 1.165) is 35.0 Å². The van der Waals surface area contributed by atoms with Crippen LogP contribution in [-0.2, 0) is 22.7 Å². The first-order chi connectivity index (χ1) is 22.5. The summed E-state index contributed by atoms with van der Waals surface area (Å²) in [6.45, 7) is 4.01. The maximum absolute atomic E-state index is 12.9. The first-order valence-corrected chi connectivity index (χ1v) is 19.2. The number of carbonyl (C=O) groups is 2. The van der Waals surface area contributed by atoms with Crippen molar-refractivity contribution < 1.29 is 32.3 Å². The minimum absolute atomic E-state index is 0.351. The number of ether oxygens (including phenoxy) is 1. The fourth-order valence-corrected chi connectivity index (χ4v) is 13.3. The van der Waals surface area contributed by atoms with Crippen molar-refractivity contribution >= 4 is 58.6 Å². The zero-order chi connectivity index (χ0) is 32.1. The van der Waals surface area contributed by atoms with Gasteiger partial charge in [-0.05, 0) is 0 Å². The number of cyclic esters (lactones) is 2. The molecule has 3 aromatic carbocycles. The number of benzene rings is 3. The minimum atomic E-state index is -2.46. The van der Waals surface area contributed by atoms with Crippen LogP contribution in [0.15, 0.2) is 137 Å². The number of esters is 2. The molecule has 0 spiro atoms. The second kappa shape index (κ2) is 14.2. The van der Waals surface area contributed by atoms with Gasteiger partial charge in [-0.2, -0.15) is 0 Å². The van der Waals surface area contributed by atoms with Crippen LogP contribution in [0.4, 0.5) is 0 Å². The van der Waals surface area contributed by atoms with E-state index in [4.69, 9.17) is 4.74 Å². The molecule has 0 N–H and O–H groups in total. The molecular formula is C40H33O3OsPS+. The SMILES string of the molecule is CC=C1CCCC1=CC(/C=C/c1sc(/C=C/C)c2c1C(=O)OC2=O)=C([C]#[Os])[P+](c1ccccc1)(c1ccccc1)c1ccccc1. The third-order valence-electron chi connectivity index (χ3n) is 8.39. The predicted octanol–water partition coefficient (Wildman–Crippen LogP) is 8.92. The van der Waals surface area contributed by atoms with E-state index in [1.807, 2.05) is 25.2 Å². The summed E-state index contributed by atoms with van der Waals surface area (Å²) in [4.78, 5) is 27.0. The van der Waals surface area contributed by atoms with Gasteiger partial charge in [0.2, 0.25) is 0 Å². The monoisotopic (exact) mass is 816 g/mol. The summed E-state index contributed by atoms with van der Waals surface area (Å²) in [5, 5.41) is 4.85. The van der Waals surface area contributed by atoms with Gasteiger partial charge in [0.1, 0.15) is 0 Å². The molecule has 0 amide bonds. The summed E-state index contributed by atoms with van der Waals surface area (Å²) in [5.41, 5.74) is 4.45. The third kappa shape index (κ3) is 5.86. The molecule has 3 nitrogen and oxygen atoms in total. The van der Waals surface area contributed by atoms with Gasteiger partial charge in [0.05, 0.1) is 0 Å². The van der Waals surface area contributed by atoms with Crippen LogP contribution in [0.3, 0.4) is 0 Å². The molecule has 1 aliphatic carbocycles. The third-order valence-corrected chi connectivity index (χ3v) is 14.9. The van der Waals surface area contributed by atoms with Gasteiger partial charge < -0.3 is 0 Å². The molecule has 1 aliphatic heterocycles. The molecule has 0 atom stereocenters. The molecule has 1 saturated carbocycles. The Bertz CT molecular complexity index is 1890. The summed E-state index contributed by atoms with van der Waals surface area (Å²) in [5.74, 6) is -1.16. The number of hydrogen-bond acceptors (Lipinski definition) is 4. The molecule has 1 fully saturated rings. The topological polar surface area (TPSA) is 43.4 Å². The molecule has 229 valence electrons. The first kappa shape index (κ1) is 32.0. The molecule has 4 aromatic rings.